The minimum absolute atomic E-state index is 0.0434. The number of ether oxygens (including phenoxy) is 1. The molecule has 2 aromatic carbocycles. The number of nitrogens with one attached hydrogen (secondary N) is 2. The van der Waals surface area contributed by atoms with Crippen LogP contribution in [0, 0.1) is 0 Å². The summed E-state index contributed by atoms with van der Waals surface area (Å²) < 4.78 is 7.80. The van der Waals surface area contributed by atoms with Crippen molar-refractivity contribution in [1.82, 2.24) is 39.3 Å². The lowest BCUT2D eigenvalue weighted by atomic mass is 10.00. The minimum atomic E-state index is -0.989. The van der Waals surface area contributed by atoms with Crippen molar-refractivity contribution in [3.05, 3.63) is 75.9 Å². The van der Waals surface area contributed by atoms with Gasteiger partial charge in [-0.15, -0.1) is 0 Å². The number of rotatable bonds is 7. The Hall–Kier alpha value is -4.13. The molecule has 3 aliphatic rings. The molecule has 0 aliphatic carbocycles. The molecule has 2 amide bonds. The number of likely N-dealkylation sites (tertiary alicyclic amines) is 2. The third-order valence-corrected chi connectivity index (χ3v) is 10.6. The van der Waals surface area contributed by atoms with E-state index in [1.54, 1.807) is 21.7 Å². The van der Waals surface area contributed by atoms with Crippen LogP contribution in [-0.2, 0) is 16.0 Å². The van der Waals surface area contributed by atoms with Crippen molar-refractivity contribution < 1.29 is 14.3 Å². The van der Waals surface area contributed by atoms with Crippen LogP contribution in [-0.4, -0.2) is 123 Å². The van der Waals surface area contributed by atoms with Crippen LogP contribution < -0.4 is 5.69 Å². The van der Waals surface area contributed by atoms with Crippen LogP contribution in [0.15, 0.2) is 59.7 Å². The van der Waals surface area contributed by atoms with Crippen molar-refractivity contribution in [2.45, 2.75) is 50.3 Å². The second-order valence-corrected chi connectivity index (χ2v) is 13.8. The number of fused-ring (bicyclic) bond motifs is 1. The number of amides is 2. The molecule has 254 valence electrons. The Morgan fingerprint density at radius 3 is 2.35 bits per heavy atom. The number of piperidine rings is 2. The molecule has 3 saturated heterocycles. The molecule has 1 atom stereocenters. The molecular weight excluding hydrogens is 632 g/mol. The first-order chi connectivity index (χ1) is 23.3. The number of imidazole rings is 1. The molecule has 0 spiro atoms. The molecule has 5 heterocycles. The highest BCUT2D eigenvalue weighted by atomic mass is 35.5. The number of carbonyl (C=O) groups excluding carboxylic acids is 2. The Bertz CT molecular complexity index is 1780. The van der Waals surface area contributed by atoms with E-state index >= 15 is 0 Å². The molecule has 0 bridgehead atoms. The van der Waals surface area contributed by atoms with Gasteiger partial charge in [0.1, 0.15) is 0 Å². The van der Waals surface area contributed by atoms with E-state index in [0.717, 1.165) is 66.7 Å². The Labute approximate surface area is 284 Å². The van der Waals surface area contributed by atoms with E-state index in [0.29, 0.717) is 50.1 Å². The molecule has 0 radical (unpaired) electrons. The molecule has 13 heteroatoms. The number of carbonyl (C=O) groups is 2. The number of H-pyrrole nitrogens is 2. The number of hydrogen-bond donors (Lipinski definition) is 2. The van der Waals surface area contributed by atoms with E-state index in [-0.39, 0.29) is 24.1 Å². The lowest BCUT2D eigenvalue weighted by Crippen LogP contribution is -2.54. The Balaban J connectivity index is 1.01. The van der Waals surface area contributed by atoms with Gasteiger partial charge in [-0.05, 0) is 56.0 Å². The SMILES string of the molecule is CN1CCN(C2CCN(C(=O)C(Cc3cc(Cl)c4[nH]ncc4c3)OC(=O)N3CCC(n4cc(-c5ccccc5)[nH]c4=O)CC3)CC2)CC1. The lowest BCUT2D eigenvalue weighted by Gasteiger charge is -2.42. The van der Waals surface area contributed by atoms with Crippen molar-refractivity contribution in [2.75, 3.05) is 59.4 Å². The third kappa shape index (κ3) is 7.01. The van der Waals surface area contributed by atoms with Gasteiger partial charge >= 0.3 is 11.8 Å². The quantitative estimate of drug-likeness (QED) is 0.304. The van der Waals surface area contributed by atoms with Crippen molar-refractivity contribution in [1.29, 1.82) is 0 Å². The zero-order valence-corrected chi connectivity index (χ0v) is 28.1. The lowest BCUT2D eigenvalue weighted by molar-refractivity contribution is -0.142. The number of halogens is 1. The van der Waals surface area contributed by atoms with Crippen LogP contribution in [0.5, 0.6) is 0 Å². The van der Waals surface area contributed by atoms with E-state index in [4.69, 9.17) is 16.3 Å². The van der Waals surface area contributed by atoms with Gasteiger partial charge in [0.05, 0.1) is 22.4 Å². The number of likely N-dealkylation sites (N-methyl/N-ethyl adjacent to an activating group) is 1. The predicted octanol–water partition coefficient (Wildman–Crippen LogP) is 4.00. The summed E-state index contributed by atoms with van der Waals surface area (Å²) in [6, 6.07) is 13.9. The Morgan fingerprint density at radius 1 is 0.938 bits per heavy atom. The standard InChI is InChI=1S/C35H43ClN8O4/c1-40-15-17-41(18-16-40)27-7-11-42(12-8-27)33(45)31(21-24-19-26-22-37-39-32(26)29(36)20-24)48-35(47)43-13-9-28(10-14-43)44-23-30(38-34(44)46)25-5-3-2-4-6-25/h2-6,19-20,22-23,27-28,31H,7-18,21H2,1H3,(H,37,39)(H,38,46). The monoisotopic (exact) mass is 674 g/mol. The highest BCUT2D eigenvalue weighted by Gasteiger charge is 2.35. The average Bonchev–Trinajstić information content (AvgIpc) is 3.76. The second-order valence-electron chi connectivity index (χ2n) is 13.3. The summed E-state index contributed by atoms with van der Waals surface area (Å²) in [5.41, 5.74) is 3.08. The first-order valence-corrected chi connectivity index (χ1v) is 17.3. The Morgan fingerprint density at radius 2 is 1.62 bits per heavy atom. The smallest absolute Gasteiger partial charge is 0.410 e. The Kier molecular flexibility index (Phi) is 9.56. The van der Waals surface area contributed by atoms with Crippen molar-refractivity contribution >= 4 is 34.5 Å². The first kappa shape index (κ1) is 32.4. The van der Waals surface area contributed by atoms with E-state index in [2.05, 4.69) is 32.0 Å². The van der Waals surface area contributed by atoms with Crippen LogP contribution in [0.1, 0.15) is 37.3 Å². The molecule has 2 N–H and O–H groups in total. The molecule has 4 aromatic rings. The molecule has 12 nitrogen and oxygen atoms in total. The topological polar surface area (TPSA) is 123 Å². The van der Waals surface area contributed by atoms with Gasteiger partial charge in [0, 0.05) is 82.4 Å². The molecule has 3 fully saturated rings. The van der Waals surface area contributed by atoms with Gasteiger partial charge in [0.15, 0.2) is 6.10 Å². The fourth-order valence-electron chi connectivity index (χ4n) is 7.39. The van der Waals surface area contributed by atoms with E-state index in [1.165, 1.54) is 0 Å². The van der Waals surface area contributed by atoms with Gasteiger partial charge in [-0.25, -0.2) is 9.59 Å². The summed E-state index contributed by atoms with van der Waals surface area (Å²) in [6.07, 6.45) is 5.28. The summed E-state index contributed by atoms with van der Waals surface area (Å²) in [7, 11) is 2.16. The summed E-state index contributed by atoms with van der Waals surface area (Å²) in [5, 5.41) is 8.33. The molecule has 3 aliphatic heterocycles. The maximum atomic E-state index is 14.1. The largest absolute Gasteiger partial charge is 0.436 e. The van der Waals surface area contributed by atoms with Gasteiger partial charge in [0.25, 0.3) is 5.91 Å². The van der Waals surface area contributed by atoms with Crippen molar-refractivity contribution in [2.24, 2.45) is 0 Å². The highest BCUT2D eigenvalue weighted by Crippen LogP contribution is 2.28. The van der Waals surface area contributed by atoms with Gasteiger partial charge < -0.3 is 24.4 Å². The number of nitrogens with zero attached hydrogens (tertiary/aromatic N) is 6. The summed E-state index contributed by atoms with van der Waals surface area (Å²) in [6.45, 7) is 6.34. The van der Waals surface area contributed by atoms with Crippen LogP contribution >= 0.6 is 11.6 Å². The second kappa shape index (κ2) is 14.2. The molecule has 7 rings (SSSR count). The van der Waals surface area contributed by atoms with Gasteiger partial charge in [-0.1, -0.05) is 41.9 Å². The third-order valence-electron chi connectivity index (χ3n) is 10.3. The maximum absolute atomic E-state index is 14.1. The summed E-state index contributed by atoms with van der Waals surface area (Å²) in [5.74, 6) is -0.175. The summed E-state index contributed by atoms with van der Waals surface area (Å²) >= 11 is 6.54. The van der Waals surface area contributed by atoms with Gasteiger partial charge in [-0.3, -0.25) is 19.4 Å². The van der Waals surface area contributed by atoms with Crippen molar-refractivity contribution in [3.8, 4) is 11.3 Å². The van der Waals surface area contributed by atoms with Crippen LogP contribution in [0.25, 0.3) is 22.2 Å². The molecular formula is C35H43ClN8O4. The van der Waals surface area contributed by atoms with Gasteiger partial charge in [0.2, 0.25) is 0 Å². The number of aromatic amines is 2. The molecule has 0 saturated carbocycles. The van der Waals surface area contributed by atoms with E-state index < -0.39 is 12.2 Å². The van der Waals surface area contributed by atoms with E-state index in [9.17, 15) is 14.4 Å². The zero-order chi connectivity index (χ0) is 33.2. The number of piperazine rings is 1. The molecule has 2 aromatic heterocycles. The fourth-order valence-corrected chi connectivity index (χ4v) is 7.69. The predicted molar refractivity (Wildman–Crippen MR) is 184 cm³/mol. The summed E-state index contributed by atoms with van der Waals surface area (Å²) in [4.78, 5) is 51.9. The van der Waals surface area contributed by atoms with Crippen LogP contribution in [0.3, 0.4) is 0 Å². The molecule has 48 heavy (non-hydrogen) atoms. The first-order valence-electron chi connectivity index (χ1n) is 17.0. The van der Waals surface area contributed by atoms with Crippen LogP contribution in [0.2, 0.25) is 5.02 Å². The normalized spacial score (nSPS) is 19.5. The number of aromatic nitrogens is 4. The zero-order valence-electron chi connectivity index (χ0n) is 27.3. The van der Waals surface area contributed by atoms with Gasteiger partial charge in [-0.2, -0.15) is 5.10 Å². The van der Waals surface area contributed by atoms with Crippen molar-refractivity contribution in [3.63, 3.8) is 0 Å². The molecule has 1 unspecified atom stereocenters. The maximum Gasteiger partial charge on any atom is 0.410 e. The van der Waals surface area contributed by atoms with E-state index in [1.807, 2.05) is 47.5 Å². The average molecular weight is 675 g/mol. The highest BCUT2D eigenvalue weighted by molar-refractivity contribution is 6.35. The number of hydrogen-bond acceptors (Lipinski definition) is 7. The fraction of sp³-hybridized carbons (Fsp3) is 0.486. The van der Waals surface area contributed by atoms with Crippen LogP contribution in [0.4, 0.5) is 4.79 Å². The minimum Gasteiger partial charge on any atom is -0.436 e. The number of benzene rings is 2.